The summed E-state index contributed by atoms with van der Waals surface area (Å²) in [6.45, 7) is 0.671. The van der Waals surface area contributed by atoms with E-state index >= 15 is 0 Å². The zero-order chi connectivity index (χ0) is 21.8. The van der Waals surface area contributed by atoms with Crippen molar-refractivity contribution in [3.8, 4) is 0 Å². The summed E-state index contributed by atoms with van der Waals surface area (Å²) in [5.41, 5.74) is 5.70. The highest BCUT2D eigenvalue weighted by Gasteiger charge is 2.31. The van der Waals surface area contributed by atoms with Crippen LogP contribution in [-0.2, 0) is 6.54 Å². The van der Waals surface area contributed by atoms with Crippen molar-refractivity contribution in [1.82, 2.24) is 10.3 Å². The fourth-order valence-electron chi connectivity index (χ4n) is 3.65. The first-order valence-electron chi connectivity index (χ1n) is 10.2. The van der Waals surface area contributed by atoms with Crippen LogP contribution in [-0.4, -0.2) is 29.9 Å². The summed E-state index contributed by atoms with van der Waals surface area (Å²) in [5, 5.41) is 10.9. The van der Waals surface area contributed by atoms with Gasteiger partial charge in [-0.15, -0.1) is 0 Å². The van der Waals surface area contributed by atoms with Crippen LogP contribution in [0.25, 0.3) is 0 Å². The highest BCUT2D eigenvalue weighted by Crippen LogP contribution is 2.34. The standard InChI is InChI=1S/C25H25BrN4S/c1-29(2)22-13-11-19(12-14-22)24-16-23(20-9-6-10-21(26)15-20)28-30(24)25(31)27-17-18-7-4-3-5-8-18/h3-15,24H,16-17H2,1-2H3,(H,27,31)/t24-/m0/s1. The van der Waals surface area contributed by atoms with Crippen molar-refractivity contribution >= 4 is 44.7 Å². The van der Waals surface area contributed by atoms with Crippen LogP contribution in [0.2, 0.25) is 0 Å². The highest BCUT2D eigenvalue weighted by atomic mass is 79.9. The van der Waals surface area contributed by atoms with Gasteiger partial charge in [-0.05, 0) is 53.2 Å². The maximum absolute atomic E-state index is 5.78. The average Bonchev–Trinajstić information content (AvgIpc) is 3.24. The Kier molecular flexibility index (Phi) is 6.68. The maximum Gasteiger partial charge on any atom is 0.190 e. The highest BCUT2D eigenvalue weighted by molar-refractivity contribution is 9.10. The lowest BCUT2D eigenvalue weighted by molar-refractivity contribution is 0.364. The van der Waals surface area contributed by atoms with Gasteiger partial charge in [-0.25, -0.2) is 5.01 Å². The quantitative estimate of drug-likeness (QED) is 0.460. The predicted molar refractivity (Wildman–Crippen MR) is 137 cm³/mol. The Morgan fingerprint density at radius 3 is 2.48 bits per heavy atom. The van der Waals surface area contributed by atoms with E-state index < -0.39 is 0 Å². The topological polar surface area (TPSA) is 30.9 Å². The largest absolute Gasteiger partial charge is 0.378 e. The summed E-state index contributed by atoms with van der Waals surface area (Å²) in [6, 6.07) is 27.2. The van der Waals surface area contributed by atoms with E-state index in [2.05, 4.69) is 74.7 Å². The minimum atomic E-state index is 0.0565. The molecule has 1 atom stereocenters. The molecule has 6 heteroatoms. The number of thiocarbonyl (C=S) groups is 1. The lowest BCUT2D eigenvalue weighted by Crippen LogP contribution is -2.36. The number of nitrogens with zero attached hydrogens (tertiary/aromatic N) is 3. The Morgan fingerprint density at radius 1 is 1.06 bits per heavy atom. The molecule has 0 spiro atoms. The second kappa shape index (κ2) is 9.62. The smallest absolute Gasteiger partial charge is 0.190 e. The number of rotatable bonds is 5. The van der Waals surface area contributed by atoms with Gasteiger partial charge >= 0.3 is 0 Å². The number of benzene rings is 3. The molecule has 0 fully saturated rings. The zero-order valence-electron chi connectivity index (χ0n) is 17.6. The van der Waals surface area contributed by atoms with E-state index in [0.29, 0.717) is 11.7 Å². The second-order valence-electron chi connectivity index (χ2n) is 7.75. The molecule has 0 saturated heterocycles. The average molecular weight is 493 g/mol. The van der Waals surface area contributed by atoms with Crippen molar-refractivity contribution in [3.63, 3.8) is 0 Å². The molecule has 0 aliphatic carbocycles. The van der Waals surface area contributed by atoms with Crippen molar-refractivity contribution in [2.45, 2.75) is 19.0 Å². The number of hydrazone groups is 1. The van der Waals surface area contributed by atoms with Gasteiger partial charge in [-0.3, -0.25) is 0 Å². The van der Waals surface area contributed by atoms with Crippen molar-refractivity contribution in [2.24, 2.45) is 5.10 Å². The Hall–Kier alpha value is -2.70. The van der Waals surface area contributed by atoms with Crippen molar-refractivity contribution < 1.29 is 0 Å². The number of nitrogens with one attached hydrogen (secondary N) is 1. The third kappa shape index (κ3) is 5.14. The summed E-state index contributed by atoms with van der Waals surface area (Å²) < 4.78 is 1.04. The van der Waals surface area contributed by atoms with Crippen LogP contribution in [0, 0.1) is 0 Å². The Morgan fingerprint density at radius 2 is 1.81 bits per heavy atom. The van der Waals surface area contributed by atoms with Gasteiger partial charge in [0.1, 0.15) is 0 Å². The molecule has 1 N–H and O–H groups in total. The molecule has 0 aromatic heterocycles. The Labute approximate surface area is 197 Å². The molecule has 0 unspecified atom stereocenters. The number of halogens is 1. The molecule has 3 aromatic carbocycles. The van der Waals surface area contributed by atoms with Crippen LogP contribution in [0.5, 0.6) is 0 Å². The first-order valence-corrected chi connectivity index (χ1v) is 11.4. The molecule has 0 amide bonds. The van der Waals surface area contributed by atoms with Crippen LogP contribution >= 0.6 is 28.1 Å². The Bertz CT molecular complexity index is 1080. The fraction of sp³-hybridized carbons (Fsp3) is 0.200. The summed E-state index contributed by atoms with van der Waals surface area (Å²) in [7, 11) is 4.10. The monoisotopic (exact) mass is 492 g/mol. The summed E-state index contributed by atoms with van der Waals surface area (Å²) in [6.07, 6.45) is 0.797. The number of anilines is 1. The Balaban J connectivity index is 1.60. The zero-order valence-corrected chi connectivity index (χ0v) is 20.0. The fourth-order valence-corrected chi connectivity index (χ4v) is 4.29. The minimum Gasteiger partial charge on any atom is -0.378 e. The first kappa shape index (κ1) is 21.5. The van der Waals surface area contributed by atoms with Gasteiger partial charge in [-0.1, -0.05) is 70.5 Å². The van der Waals surface area contributed by atoms with Gasteiger partial charge < -0.3 is 10.2 Å². The van der Waals surface area contributed by atoms with Gasteiger partial charge in [0.25, 0.3) is 0 Å². The van der Waals surface area contributed by atoms with Crippen molar-refractivity contribution in [1.29, 1.82) is 0 Å². The van der Waals surface area contributed by atoms with E-state index in [9.17, 15) is 0 Å². The van der Waals surface area contributed by atoms with Gasteiger partial charge in [0, 0.05) is 37.2 Å². The third-order valence-corrected chi connectivity index (χ3v) is 6.18. The second-order valence-corrected chi connectivity index (χ2v) is 9.05. The molecular formula is C25H25BrN4S. The van der Waals surface area contributed by atoms with E-state index in [0.717, 1.165) is 22.2 Å². The van der Waals surface area contributed by atoms with Crippen molar-refractivity contribution in [3.05, 3.63) is 100 Å². The molecule has 158 valence electrons. The first-order chi connectivity index (χ1) is 15.0. The predicted octanol–water partition coefficient (Wildman–Crippen LogP) is 5.74. The van der Waals surface area contributed by atoms with E-state index in [1.807, 2.05) is 49.4 Å². The van der Waals surface area contributed by atoms with Crippen LogP contribution in [0.3, 0.4) is 0 Å². The molecule has 31 heavy (non-hydrogen) atoms. The normalized spacial score (nSPS) is 15.5. The van der Waals surface area contributed by atoms with Crippen LogP contribution in [0.1, 0.15) is 29.2 Å². The molecule has 3 aromatic rings. The van der Waals surface area contributed by atoms with Gasteiger partial charge in [0.05, 0.1) is 11.8 Å². The summed E-state index contributed by atoms with van der Waals surface area (Å²) in [4.78, 5) is 2.10. The van der Waals surface area contributed by atoms with Crippen LogP contribution < -0.4 is 10.2 Å². The SMILES string of the molecule is CN(C)c1ccc([C@@H]2CC(c3cccc(Br)c3)=NN2C(=S)NCc2ccccc2)cc1. The summed E-state index contributed by atoms with van der Waals surface area (Å²) in [5.74, 6) is 0. The van der Waals surface area contributed by atoms with Crippen LogP contribution in [0.4, 0.5) is 5.69 Å². The van der Waals surface area contributed by atoms with E-state index in [-0.39, 0.29) is 6.04 Å². The maximum atomic E-state index is 5.78. The molecule has 1 aliphatic rings. The van der Waals surface area contributed by atoms with E-state index in [4.69, 9.17) is 17.3 Å². The molecule has 4 rings (SSSR count). The van der Waals surface area contributed by atoms with E-state index in [1.165, 1.54) is 16.8 Å². The third-order valence-electron chi connectivity index (χ3n) is 5.36. The molecule has 4 nitrogen and oxygen atoms in total. The molecule has 0 bridgehead atoms. The number of hydrogen-bond donors (Lipinski definition) is 1. The number of hydrogen-bond acceptors (Lipinski definition) is 3. The van der Waals surface area contributed by atoms with Gasteiger partial charge in [-0.2, -0.15) is 5.10 Å². The van der Waals surface area contributed by atoms with Crippen molar-refractivity contribution in [2.75, 3.05) is 19.0 Å². The van der Waals surface area contributed by atoms with Gasteiger partial charge in [0.15, 0.2) is 5.11 Å². The molecule has 1 heterocycles. The molecule has 1 aliphatic heterocycles. The van der Waals surface area contributed by atoms with Gasteiger partial charge in [0.2, 0.25) is 0 Å². The van der Waals surface area contributed by atoms with Crippen LogP contribution in [0.15, 0.2) is 88.4 Å². The lowest BCUT2D eigenvalue weighted by Gasteiger charge is -2.25. The minimum absolute atomic E-state index is 0.0565. The molecule has 0 radical (unpaired) electrons. The molecule has 0 saturated carbocycles. The van der Waals surface area contributed by atoms with E-state index in [1.54, 1.807) is 0 Å². The lowest BCUT2D eigenvalue weighted by atomic mass is 9.98. The summed E-state index contributed by atoms with van der Waals surface area (Å²) >= 11 is 9.35. The molecular weight excluding hydrogens is 468 g/mol.